The van der Waals surface area contributed by atoms with Crippen LogP contribution in [-0.4, -0.2) is 65.2 Å². The minimum Gasteiger partial charge on any atom is -0.461 e. The Morgan fingerprint density at radius 2 is 1.49 bits per heavy atom. The van der Waals surface area contributed by atoms with Crippen molar-refractivity contribution in [3.8, 4) is 5.69 Å². The summed E-state index contributed by atoms with van der Waals surface area (Å²) in [5, 5.41) is 14.5. The molecular formula is C38H43F2N5O9S. The summed E-state index contributed by atoms with van der Waals surface area (Å²) in [4.78, 5) is 64.2. The summed E-state index contributed by atoms with van der Waals surface area (Å²) in [6, 6.07) is 9.66. The first kappa shape index (κ1) is 42.1. The number of aromatic nitrogens is 2. The Morgan fingerprint density at radius 3 is 2.05 bits per heavy atom. The third-order valence-electron chi connectivity index (χ3n) is 8.91. The summed E-state index contributed by atoms with van der Waals surface area (Å²) < 4.78 is 66.2. The number of halogens is 2. The lowest BCUT2D eigenvalue weighted by atomic mass is 10.0. The summed E-state index contributed by atoms with van der Waals surface area (Å²) in [5.41, 5.74) is -0.993. The molecule has 0 fully saturated rings. The smallest absolute Gasteiger partial charge is 0.335 e. The first-order valence-corrected chi connectivity index (χ1v) is 18.7. The average Bonchev–Trinajstić information content (AvgIpc) is 3.13. The molecular weight excluding hydrogens is 741 g/mol. The summed E-state index contributed by atoms with van der Waals surface area (Å²) >= 11 is 0. The Hall–Kier alpha value is -5.68. The van der Waals surface area contributed by atoms with Crippen molar-refractivity contribution in [2.24, 2.45) is 13.0 Å². The number of aliphatic hydroxyl groups is 1. The van der Waals surface area contributed by atoms with E-state index in [0.29, 0.717) is 29.0 Å². The Bertz CT molecular complexity index is 2290. The van der Waals surface area contributed by atoms with Gasteiger partial charge in [-0.1, -0.05) is 26.0 Å². The molecule has 1 aromatic heterocycles. The molecule has 0 aliphatic carbocycles. The second kappa shape index (κ2) is 17.2. The van der Waals surface area contributed by atoms with E-state index in [1.807, 2.05) is 4.72 Å². The molecule has 0 bridgehead atoms. The number of nitrogens with zero attached hydrogens (tertiary/aromatic N) is 2. The van der Waals surface area contributed by atoms with E-state index in [9.17, 15) is 37.5 Å². The van der Waals surface area contributed by atoms with Gasteiger partial charge in [-0.15, -0.1) is 0 Å². The summed E-state index contributed by atoms with van der Waals surface area (Å²) in [5.74, 6) is -5.32. The van der Waals surface area contributed by atoms with Crippen LogP contribution in [0.3, 0.4) is 0 Å². The number of hydrogen-bond acceptors (Lipinski definition) is 9. The molecule has 4 N–H and O–H groups in total. The lowest BCUT2D eigenvalue weighted by Crippen LogP contribution is -2.44. The summed E-state index contributed by atoms with van der Waals surface area (Å²) in [7, 11) is -2.97. The van der Waals surface area contributed by atoms with Gasteiger partial charge in [-0.2, -0.15) is 0 Å². The minimum absolute atomic E-state index is 0.0687. The van der Waals surface area contributed by atoms with E-state index in [1.54, 1.807) is 41.5 Å². The number of carbonyl (C=O) groups is 3. The lowest BCUT2D eigenvalue weighted by molar-refractivity contribution is -0.149. The number of rotatable bonds is 14. The first-order valence-electron chi connectivity index (χ1n) is 17.2. The SMILES string of the molecule is Cc1c(C)n(C)c(=O)n(-c2ccc(C[C@H](NC(=O)c3cc(F)c(NS(=O)(=O)c4ccc(C(=O)N[C@H](CO)C(C)C)cc4)cc3F)C(=O)OC(C)C)cc2)c1=O. The fraction of sp³-hybridized carbons (Fsp3) is 0.342. The number of benzene rings is 3. The van der Waals surface area contributed by atoms with E-state index >= 15 is 8.78 Å². The molecule has 0 radical (unpaired) electrons. The summed E-state index contributed by atoms with van der Waals surface area (Å²) in [6.45, 7) is 9.72. The Labute approximate surface area is 316 Å². The maximum Gasteiger partial charge on any atom is 0.335 e. The third kappa shape index (κ3) is 9.71. The molecule has 0 spiro atoms. The van der Waals surface area contributed by atoms with Crippen LogP contribution < -0.4 is 26.6 Å². The van der Waals surface area contributed by atoms with Gasteiger partial charge in [-0.05, 0) is 81.6 Å². The van der Waals surface area contributed by atoms with Crippen LogP contribution in [0.4, 0.5) is 14.5 Å². The number of anilines is 1. The number of hydrogen-bond donors (Lipinski definition) is 4. The van der Waals surface area contributed by atoms with Crippen LogP contribution in [0.5, 0.6) is 0 Å². The van der Waals surface area contributed by atoms with E-state index in [1.165, 1.54) is 48.0 Å². The van der Waals surface area contributed by atoms with Crippen LogP contribution >= 0.6 is 0 Å². The molecule has 17 heteroatoms. The molecule has 4 aromatic rings. The standard InChI is InChI=1S/C38H43F2N5O9S/c1-20(2)33(19-46)42-34(47)25-10-14-27(15-11-25)55(52,53)43-31-18-29(39)28(17-30(31)40)35(48)41-32(37(50)54-21(3)4)16-24-8-12-26(13-9-24)45-36(49)22(5)23(6)44(7)38(45)51/h8-15,17-18,20-21,32-33,43,46H,16,19H2,1-7H3,(H,41,48)(H,42,47)/t32-,33+/m0/s1. The Morgan fingerprint density at radius 1 is 0.873 bits per heavy atom. The molecule has 294 valence electrons. The molecule has 0 saturated heterocycles. The van der Waals surface area contributed by atoms with Crippen molar-refractivity contribution in [3.63, 3.8) is 0 Å². The molecule has 0 aliphatic rings. The molecule has 14 nitrogen and oxygen atoms in total. The van der Waals surface area contributed by atoms with Gasteiger partial charge in [0.25, 0.3) is 27.4 Å². The first-order chi connectivity index (χ1) is 25.7. The zero-order valence-electron chi connectivity index (χ0n) is 31.3. The number of aliphatic hydroxyl groups excluding tert-OH is 1. The van der Waals surface area contributed by atoms with Gasteiger partial charge in [0.1, 0.15) is 17.7 Å². The molecule has 0 unspecified atom stereocenters. The quantitative estimate of drug-likeness (QED) is 0.139. The molecule has 2 atom stereocenters. The van der Waals surface area contributed by atoms with Crippen LogP contribution in [0.25, 0.3) is 5.69 Å². The monoisotopic (exact) mass is 783 g/mol. The zero-order valence-corrected chi connectivity index (χ0v) is 32.1. The van der Waals surface area contributed by atoms with Crippen molar-refractivity contribution < 1.29 is 41.4 Å². The van der Waals surface area contributed by atoms with Crippen LogP contribution in [0.15, 0.2) is 75.1 Å². The van der Waals surface area contributed by atoms with E-state index in [-0.39, 0.29) is 35.1 Å². The molecule has 0 aliphatic heterocycles. The van der Waals surface area contributed by atoms with Crippen molar-refractivity contribution in [2.45, 2.75) is 71.0 Å². The second-order valence-corrected chi connectivity index (χ2v) is 15.2. The van der Waals surface area contributed by atoms with Gasteiger partial charge in [-0.25, -0.2) is 31.4 Å². The van der Waals surface area contributed by atoms with E-state index in [0.717, 1.165) is 16.7 Å². The van der Waals surface area contributed by atoms with Crippen LogP contribution in [-0.2, 0) is 33.0 Å². The maximum absolute atomic E-state index is 15.3. The van der Waals surface area contributed by atoms with Crippen molar-refractivity contribution >= 4 is 33.5 Å². The molecule has 4 rings (SSSR count). The highest BCUT2D eigenvalue weighted by Gasteiger charge is 2.28. The van der Waals surface area contributed by atoms with Crippen molar-refractivity contribution in [1.82, 2.24) is 19.8 Å². The molecule has 0 saturated carbocycles. The number of amides is 2. The van der Waals surface area contributed by atoms with E-state index in [4.69, 9.17) is 4.74 Å². The number of nitrogens with one attached hydrogen (secondary N) is 3. The minimum atomic E-state index is -4.51. The van der Waals surface area contributed by atoms with Gasteiger partial charge >= 0.3 is 11.7 Å². The average molecular weight is 784 g/mol. The van der Waals surface area contributed by atoms with Crippen molar-refractivity contribution in [1.29, 1.82) is 0 Å². The number of sulfonamides is 1. The van der Waals surface area contributed by atoms with E-state index in [2.05, 4.69) is 10.6 Å². The highest BCUT2D eigenvalue weighted by atomic mass is 32.2. The van der Waals surface area contributed by atoms with Gasteiger partial charge in [0.05, 0.1) is 40.6 Å². The van der Waals surface area contributed by atoms with Gasteiger partial charge in [0, 0.05) is 36.4 Å². The van der Waals surface area contributed by atoms with Crippen LogP contribution in [0.1, 0.15) is 65.2 Å². The lowest BCUT2D eigenvalue weighted by Gasteiger charge is -2.20. The van der Waals surface area contributed by atoms with Crippen molar-refractivity contribution in [3.05, 3.63) is 121 Å². The fourth-order valence-electron chi connectivity index (χ4n) is 5.41. The predicted molar refractivity (Wildman–Crippen MR) is 200 cm³/mol. The number of esters is 1. The largest absolute Gasteiger partial charge is 0.461 e. The zero-order chi connectivity index (χ0) is 40.9. The van der Waals surface area contributed by atoms with Gasteiger partial charge in [0.15, 0.2) is 0 Å². The molecule has 55 heavy (non-hydrogen) atoms. The number of ether oxygens (including phenoxy) is 1. The maximum atomic E-state index is 15.3. The normalized spacial score (nSPS) is 12.7. The highest BCUT2D eigenvalue weighted by Crippen LogP contribution is 2.24. The highest BCUT2D eigenvalue weighted by molar-refractivity contribution is 7.92. The molecule has 2 amide bonds. The van der Waals surface area contributed by atoms with Gasteiger partial charge < -0.3 is 25.0 Å². The number of carbonyl (C=O) groups excluding carboxylic acids is 3. The van der Waals surface area contributed by atoms with E-state index < -0.39 is 80.1 Å². The van der Waals surface area contributed by atoms with Crippen molar-refractivity contribution in [2.75, 3.05) is 11.3 Å². The van der Waals surface area contributed by atoms with Crippen LogP contribution in [0, 0.1) is 31.4 Å². The predicted octanol–water partition coefficient (Wildman–Crippen LogP) is 3.27. The second-order valence-electron chi connectivity index (χ2n) is 13.5. The molecule has 3 aromatic carbocycles. The summed E-state index contributed by atoms with van der Waals surface area (Å²) in [6.07, 6.45) is -0.778. The topological polar surface area (TPSA) is 195 Å². The van der Waals surface area contributed by atoms with Gasteiger partial charge in [0.2, 0.25) is 0 Å². The van der Waals surface area contributed by atoms with Gasteiger partial charge in [-0.3, -0.25) is 19.1 Å². The Balaban J connectivity index is 1.53. The fourth-order valence-corrected chi connectivity index (χ4v) is 6.46. The van der Waals surface area contributed by atoms with Crippen LogP contribution in [0.2, 0.25) is 0 Å². The molecule has 1 heterocycles. The Kier molecular flexibility index (Phi) is 13.2. The third-order valence-corrected chi connectivity index (χ3v) is 10.3.